The van der Waals surface area contributed by atoms with Gasteiger partial charge in [0.05, 0.1) is 16.9 Å². The highest BCUT2D eigenvalue weighted by atomic mass is 32.2. The van der Waals surface area contributed by atoms with Crippen molar-refractivity contribution in [2.24, 2.45) is 0 Å². The monoisotopic (exact) mass is 310 g/mol. The van der Waals surface area contributed by atoms with Gasteiger partial charge in [0.2, 0.25) is 0 Å². The summed E-state index contributed by atoms with van der Waals surface area (Å²) in [5.41, 5.74) is 2.81. The van der Waals surface area contributed by atoms with Crippen LogP contribution in [-0.4, -0.2) is 27.1 Å². The smallest absolute Gasteiger partial charge is 0.335 e. The van der Waals surface area contributed by atoms with Crippen molar-refractivity contribution in [2.45, 2.75) is 4.90 Å². The zero-order chi connectivity index (χ0) is 15.5. The second-order valence-electron chi connectivity index (χ2n) is 4.70. The summed E-state index contributed by atoms with van der Waals surface area (Å²) in [4.78, 5) is 12.2. The number of thioether (sulfide) groups is 1. The number of nitrogens with zero attached hydrogens (tertiary/aromatic N) is 2. The minimum absolute atomic E-state index is 0.261. The molecule has 22 heavy (non-hydrogen) atoms. The maximum absolute atomic E-state index is 11.1. The lowest BCUT2D eigenvalue weighted by atomic mass is 10.1. The van der Waals surface area contributed by atoms with Gasteiger partial charge >= 0.3 is 5.97 Å². The van der Waals surface area contributed by atoms with E-state index in [-0.39, 0.29) is 5.56 Å². The maximum Gasteiger partial charge on any atom is 0.335 e. The van der Waals surface area contributed by atoms with Crippen molar-refractivity contribution in [3.63, 3.8) is 0 Å². The Morgan fingerprint density at radius 3 is 2.73 bits per heavy atom. The van der Waals surface area contributed by atoms with E-state index in [4.69, 9.17) is 5.11 Å². The molecular formula is C17H14N2O2S. The minimum atomic E-state index is -0.936. The van der Waals surface area contributed by atoms with Crippen molar-refractivity contribution < 1.29 is 9.90 Å². The maximum atomic E-state index is 11.1. The quantitative estimate of drug-likeness (QED) is 0.741. The van der Waals surface area contributed by atoms with E-state index in [0.29, 0.717) is 0 Å². The molecule has 0 saturated carbocycles. The molecule has 0 saturated heterocycles. The average molecular weight is 310 g/mol. The van der Waals surface area contributed by atoms with Crippen LogP contribution in [0.25, 0.3) is 16.9 Å². The van der Waals surface area contributed by atoms with E-state index in [9.17, 15) is 4.79 Å². The van der Waals surface area contributed by atoms with Crippen LogP contribution in [0.15, 0.2) is 65.7 Å². The number of rotatable bonds is 4. The summed E-state index contributed by atoms with van der Waals surface area (Å²) in [6.07, 6.45) is 3.91. The van der Waals surface area contributed by atoms with Crippen LogP contribution in [0.4, 0.5) is 0 Å². The summed E-state index contributed by atoms with van der Waals surface area (Å²) in [5.74, 6) is -0.936. The second-order valence-corrected chi connectivity index (χ2v) is 5.55. The molecule has 3 aromatic rings. The number of hydrogen-bond acceptors (Lipinski definition) is 3. The van der Waals surface area contributed by atoms with Crippen LogP contribution in [0.1, 0.15) is 10.4 Å². The van der Waals surface area contributed by atoms with Crippen molar-refractivity contribution in [2.75, 3.05) is 6.26 Å². The summed E-state index contributed by atoms with van der Waals surface area (Å²) >= 11 is 1.66. The Labute approximate surface area is 132 Å². The van der Waals surface area contributed by atoms with E-state index >= 15 is 0 Å². The van der Waals surface area contributed by atoms with Gasteiger partial charge in [0, 0.05) is 16.7 Å². The topological polar surface area (TPSA) is 55.1 Å². The molecule has 1 N–H and O–H groups in total. The molecule has 0 bridgehead atoms. The number of carbonyl (C=O) groups is 1. The van der Waals surface area contributed by atoms with Crippen LogP contribution >= 0.6 is 11.8 Å². The standard InChI is InChI=1S/C17H14N2O2S/c1-22-16-8-3-2-7-15(16)19-10-9-14(18-19)12-5-4-6-13(11-12)17(20)21/h2-11H,1H3,(H,20,21). The van der Waals surface area contributed by atoms with Crippen LogP contribution in [-0.2, 0) is 0 Å². The Hall–Kier alpha value is -2.53. The van der Waals surface area contributed by atoms with Gasteiger partial charge in [-0.1, -0.05) is 24.3 Å². The molecule has 5 heteroatoms. The Kier molecular flexibility index (Phi) is 3.98. The van der Waals surface area contributed by atoms with E-state index in [0.717, 1.165) is 21.8 Å². The molecule has 2 aromatic carbocycles. The summed E-state index contributed by atoms with van der Waals surface area (Å²) < 4.78 is 1.81. The molecule has 0 unspecified atom stereocenters. The van der Waals surface area contributed by atoms with Crippen molar-refractivity contribution in [1.29, 1.82) is 0 Å². The third kappa shape index (κ3) is 2.76. The first-order valence-corrected chi connectivity index (χ1v) is 7.94. The van der Waals surface area contributed by atoms with Crippen LogP contribution in [0.2, 0.25) is 0 Å². The van der Waals surface area contributed by atoms with E-state index in [2.05, 4.69) is 5.10 Å². The van der Waals surface area contributed by atoms with Gasteiger partial charge in [0.1, 0.15) is 0 Å². The Balaban J connectivity index is 2.01. The van der Waals surface area contributed by atoms with Crippen molar-refractivity contribution in [3.8, 4) is 16.9 Å². The number of aromatic carboxylic acids is 1. The molecule has 0 aliphatic carbocycles. The number of para-hydroxylation sites is 1. The number of carboxylic acids is 1. The third-order valence-electron chi connectivity index (χ3n) is 3.33. The lowest BCUT2D eigenvalue weighted by molar-refractivity contribution is 0.0697. The Morgan fingerprint density at radius 1 is 1.14 bits per heavy atom. The minimum Gasteiger partial charge on any atom is -0.478 e. The molecule has 0 aliphatic heterocycles. The van der Waals surface area contributed by atoms with Gasteiger partial charge in [-0.25, -0.2) is 9.48 Å². The Bertz CT molecular complexity index is 827. The number of hydrogen-bond donors (Lipinski definition) is 1. The molecule has 0 radical (unpaired) electrons. The molecule has 4 nitrogen and oxygen atoms in total. The zero-order valence-corrected chi connectivity index (χ0v) is 12.7. The SMILES string of the molecule is CSc1ccccc1-n1ccc(-c2cccc(C(=O)O)c2)n1. The van der Waals surface area contributed by atoms with Gasteiger partial charge in [0.25, 0.3) is 0 Å². The van der Waals surface area contributed by atoms with Crippen molar-refractivity contribution in [3.05, 3.63) is 66.4 Å². The first kappa shape index (κ1) is 14.4. The molecule has 0 amide bonds. The molecular weight excluding hydrogens is 296 g/mol. The highest BCUT2D eigenvalue weighted by Crippen LogP contribution is 2.25. The molecule has 110 valence electrons. The molecule has 1 aromatic heterocycles. The van der Waals surface area contributed by atoms with Crippen LogP contribution in [0, 0.1) is 0 Å². The fourth-order valence-corrected chi connectivity index (χ4v) is 2.83. The van der Waals surface area contributed by atoms with Crippen LogP contribution < -0.4 is 0 Å². The summed E-state index contributed by atoms with van der Waals surface area (Å²) in [5, 5.41) is 13.6. The number of benzene rings is 2. The van der Waals surface area contributed by atoms with Crippen molar-refractivity contribution in [1.82, 2.24) is 9.78 Å². The third-order valence-corrected chi connectivity index (χ3v) is 4.11. The van der Waals surface area contributed by atoms with Gasteiger partial charge in [0.15, 0.2) is 0 Å². The van der Waals surface area contributed by atoms with Gasteiger partial charge in [-0.05, 0) is 36.6 Å². The van der Waals surface area contributed by atoms with Crippen LogP contribution in [0.3, 0.4) is 0 Å². The van der Waals surface area contributed by atoms with Gasteiger partial charge < -0.3 is 5.11 Å². The lowest BCUT2D eigenvalue weighted by Gasteiger charge is -2.06. The van der Waals surface area contributed by atoms with E-state index in [1.807, 2.05) is 53.5 Å². The van der Waals surface area contributed by atoms with E-state index in [1.54, 1.807) is 30.0 Å². The van der Waals surface area contributed by atoms with E-state index in [1.165, 1.54) is 0 Å². The van der Waals surface area contributed by atoms with Gasteiger partial charge in [-0.2, -0.15) is 5.10 Å². The predicted molar refractivity (Wildman–Crippen MR) is 87.7 cm³/mol. The van der Waals surface area contributed by atoms with Gasteiger partial charge in [-0.15, -0.1) is 11.8 Å². The van der Waals surface area contributed by atoms with Crippen molar-refractivity contribution >= 4 is 17.7 Å². The van der Waals surface area contributed by atoms with E-state index < -0.39 is 5.97 Å². The molecule has 3 rings (SSSR count). The van der Waals surface area contributed by atoms with Gasteiger partial charge in [-0.3, -0.25) is 0 Å². The largest absolute Gasteiger partial charge is 0.478 e. The molecule has 0 spiro atoms. The predicted octanol–water partition coefficient (Wildman–Crippen LogP) is 3.96. The lowest BCUT2D eigenvalue weighted by Crippen LogP contribution is -1.98. The summed E-state index contributed by atoms with van der Waals surface area (Å²) in [6.45, 7) is 0. The molecule has 0 atom stereocenters. The first-order chi connectivity index (χ1) is 10.7. The highest BCUT2D eigenvalue weighted by molar-refractivity contribution is 7.98. The highest BCUT2D eigenvalue weighted by Gasteiger charge is 2.09. The number of aromatic nitrogens is 2. The van der Waals surface area contributed by atoms with Crippen LogP contribution in [0.5, 0.6) is 0 Å². The number of carboxylic acid groups (broad SMARTS) is 1. The second kappa shape index (κ2) is 6.07. The normalized spacial score (nSPS) is 10.6. The Morgan fingerprint density at radius 2 is 1.95 bits per heavy atom. The average Bonchev–Trinajstić information content (AvgIpc) is 3.04. The fraction of sp³-hybridized carbons (Fsp3) is 0.0588. The first-order valence-electron chi connectivity index (χ1n) is 6.72. The zero-order valence-electron chi connectivity index (χ0n) is 11.9. The fourth-order valence-electron chi connectivity index (χ4n) is 2.24. The molecule has 1 heterocycles. The molecule has 0 aliphatic rings. The summed E-state index contributed by atoms with van der Waals surface area (Å²) in [6, 6.07) is 16.7. The summed E-state index contributed by atoms with van der Waals surface area (Å²) in [7, 11) is 0. The molecule has 0 fully saturated rings.